The summed E-state index contributed by atoms with van der Waals surface area (Å²) in [5.41, 5.74) is 1.70. The van der Waals surface area contributed by atoms with Crippen LogP contribution in [0.1, 0.15) is 11.1 Å². The molecule has 0 unspecified atom stereocenters. The van der Waals surface area contributed by atoms with Crippen molar-refractivity contribution in [2.24, 2.45) is 0 Å². The zero-order valence-electron chi connectivity index (χ0n) is 7.06. The van der Waals surface area contributed by atoms with Gasteiger partial charge in [-0.25, -0.2) is 0 Å². The Bertz CT molecular complexity index is 311. The van der Waals surface area contributed by atoms with Gasteiger partial charge in [0.25, 0.3) is 6.47 Å². The molecule has 0 saturated carbocycles. The molecule has 13 heavy (non-hydrogen) atoms. The van der Waals surface area contributed by atoms with Gasteiger partial charge in [0, 0.05) is 6.42 Å². The van der Waals surface area contributed by atoms with Crippen molar-refractivity contribution in [1.82, 2.24) is 0 Å². The quantitative estimate of drug-likeness (QED) is 0.511. The number of carbonyl (C=O) groups excluding carboxylic acids is 1. The fourth-order valence-corrected chi connectivity index (χ4v) is 0.971. The molecule has 0 saturated heterocycles. The summed E-state index contributed by atoms with van der Waals surface area (Å²) in [7, 11) is 0. The van der Waals surface area contributed by atoms with Crippen LogP contribution in [0, 0.1) is 11.3 Å². The highest BCUT2D eigenvalue weighted by molar-refractivity contribution is 5.37. The van der Waals surface area contributed by atoms with Gasteiger partial charge in [0.2, 0.25) is 0 Å². The first-order valence-electron chi connectivity index (χ1n) is 3.91. The topological polar surface area (TPSA) is 50.1 Å². The Morgan fingerprint density at radius 3 is 2.62 bits per heavy atom. The predicted octanol–water partition coefficient (Wildman–Crippen LogP) is 1.27. The molecular formula is C10H9NO2. The van der Waals surface area contributed by atoms with Crippen LogP contribution in [-0.2, 0) is 16.0 Å². The van der Waals surface area contributed by atoms with Crippen molar-refractivity contribution in [3.63, 3.8) is 0 Å². The fraction of sp³-hybridized carbons (Fsp3) is 0.200. The Balaban J connectivity index is 2.50. The van der Waals surface area contributed by atoms with E-state index in [1.807, 2.05) is 18.2 Å². The molecule has 1 rings (SSSR count). The molecule has 0 spiro atoms. The van der Waals surface area contributed by atoms with Crippen LogP contribution in [0.25, 0.3) is 0 Å². The van der Waals surface area contributed by atoms with Crippen molar-refractivity contribution >= 4 is 6.47 Å². The normalized spacial score (nSPS) is 8.85. The van der Waals surface area contributed by atoms with E-state index in [2.05, 4.69) is 4.74 Å². The summed E-state index contributed by atoms with van der Waals surface area (Å²) in [5.74, 6) is 0. The second kappa shape index (κ2) is 4.94. The van der Waals surface area contributed by atoms with Crippen molar-refractivity contribution < 1.29 is 9.53 Å². The lowest BCUT2D eigenvalue weighted by Gasteiger charge is -1.99. The number of hydrogen-bond acceptors (Lipinski definition) is 3. The summed E-state index contributed by atoms with van der Waals surface area (Å²) in [4.78, 5) is 9.83. The SMILES string of the molecule is N#Cc1ccc(CCOC=O)cc1. The molecule has 0 aliphatic heterocycles. The number of rotatable bonds is 4. The van der Waals surface area contributed by atoms with Crippen LogP contribution >= 0.6 is 0 Å². The van der Waals surface area contributed by atoms with Crippen LogP contribution in [0.5, 0.6) is 0 Å². The maximum absolute atomic E-state index is 9.83. The molecule has 0 atom stereocenters. The maximum atomic E-state index is 9.83. The van der Waals surface area contributed by atoms with E-state index < -0.39 is 0 Å². The van der Waals surface area contributed by atoms with Gasteiger partial charge >= 0.3 is 0 Å². The predicted molar refractivity (Wildman–Crippen MR) is 46.9 cm³/mol. The first kappa shape index (κ1) is 9.27. The summed E-state index contributed by atoms with van der Waals surface area (Å²) in [5, 5.41) is 8.52. The lowest BCUT2D eigenvalue weighted by atomic mass is 10.1. The number of carbonyl (C=O) groups is 1. The van der Waals surface area contributed by atoms with Crippen molar-refractivity contribution in [2.45, 2.75) is 6.42 Å². The van der Waals surface area contributed by atoms with Crippen molar-refractivity contribution in [1.29, 1.82) is 5.26 Å². The van der Waals surface area contributed by atoms with E-state index in [0.29, 0.717) is 25.1 Å². The highest BCUT2D eigenvalue weighted by Gasteiger charge is 1.93. The third kappa shape index (κ3) is 2.96. The average molecular weight is 175 g/mol. The van der Waals surface area contributed by atoms with Crippen molar-refractivity contribution in [2.75, 3.05) is 6.61 Å². The van der Waals surface area contributed by atoms with Crippen molar-refractivity contribution in [3.8, 4) is 6.07 Å². The van der Waals surface area contributed by atoms with Crippen molar-refractivity contribution in [3.05, 3.63) is 35.4 Å². The molecule has 3 heteroatoms. The Morgan fingerprint density at radius 2 is 2.08 bits per heavy atom. The summed E-state index contributed by atoms with van der Waals surface area (Å²) in [6.45, 7) is 0.819. The van der Waals surface area contributed by atoms with Gasteiger partial charge in [-0.3, -0.25) is 4.79 Å². The second-order valence-electron chi connectivity index (χ2n) is 2.53. The first-order valence-corrected chi connectivity index (χ1v) is 3.91. The van der Waals surface area contributed by atoms with E-state index in [-0.39, 0.29) is 0 Å². The largest absolute Gasteiger partial charge is 0.468 e. The minimum Gasteiger partial charge on any atom is -0.468 e. The molecule has 1 aromatic carbocycles. The van der Waals surface area contributed by atoms with E-state index in [9.17, 15) is 4.79 Å². The van der Waals surface area contributed by atoms with E-state index >= 15 is 0 Å². The Labute approximate surface area is 76.6 Å². The maximum Gasteiger partial charge on any atom is 0.293 e. The van der Waals surface area contributed by atoms with Crippen LogP contribution < -0.4 is 0 Å². The summed E-state index contributed by atoms with van der Waals surface area (Å²) < 4.78 is 4.55. The van der Waals surface area contributed by atoms with E-state index in [0.717, 1.165) is 5.56 Å². The lowest BCUT2D eigenvalue weighted by Crippen LogP contribution is -1.96. The van der Waals surface area contributed by atoms with Gasteiger partial charge in [0.15, 0.2) is 0 Å². The van der Waals surface area contributed by atoms with E-state index in [1.165, 1.54) is 0 Å². The smallest absolute Gasteiger partial charge is 0.293 e. The van der Waals surface area contributed by atoms with Crippen LogP contribution in [0.4, 0.5) is 0 Å². The van der Waals surface area contributed by atoms with Crippen LogP contribution in [0.15, 0.2) is 24.3 Å². The molecule has 0 aliphatic carbocycles. The molecule has 0 fully saturated rings. The Hall–Kier alpha value is -1.82. The highest BCUT2D eigenvalue weighted by atomic mass is 16.5. The lowest BCUT2D eigenvalue weighted by molar-refractivity contribution is -0.128. The summed E-state index contributed by atoms with van der Waals surface area (Å²) in [6, 6.07) is 9.23. The van der Waals surface area contributed by atoms with Crippen LogP contribution in [-0.4, -0.2) is 13.1 Å². The second-order valence-corrected chi connectivity index (χ2v) is 2.53. The van der Waals surface area contributed by atoms with E-state index in [4.69, 9.17) is 5.26 Å². The molecule has 66 valence electrons. The fourth-order valence-electron chi connectivity index (χ4n) is 0.971. The molecule has 0 bridgehead atoms. The third-order valence-electron chi connectivity index (χ3n) is 1.66. The zero-order valence-corrected chi connectivity index (χ0v) is 7.06. The molecule has 3 nitrogen and oxygen atoms in total. The van der Waals surface area contributed by atoms with Gasteiger partial charge in [-0.2, -0.15) is 5.26 Å². The van der Waals surface area contributed by atoms with Gasteiger partial charge < -0.3 is 4.74 Å². The number of nitriles is 1. The van der Waals surface area contributed by atoms with Crippen LogP contribution in [0.3, 0.4) is 0 Å². The first-order chi connectivity index (χ1) is 6.36. The van der Waals surface area contributed by atoms with Gasteiger partial charge in [-0.1, -0.05) is 12.1 Å². The minimum absolute atomic E-state index is 0.384. The number of benzene rings is 1. The van der Waals surface area contributed by atoms with Gasteiger partial charge in [-0.05, 0) is 17.7 Å². The number of nitrogens with zero attached hydrogens (tertiary/aromatic N) is 1. The van der Waals surface area contributed by atoms with Gasteiger partial charge in [0.05, 0.1) is 18.2 Å². The Kier molecular flexibility index (Phi) is 3.52. The minimum atomic E-state index is 0.384. The molecule has 0 aromatic heterocycles. The molecular weight excluding hydrogens is 166 g/mol. The molecule has 0 N–H and O–H groups in total. The standard InChI is InChI=1S/C10H9NO2/c11-7-10-3-1-9(2-4-10)5-6-13-8-12/h1-4,8H,5-6H2. The number of ether oxygens (including phenoxy) is 1. The highest BCUT2D eigenvalue weighted by Crippen LogP contribution is 2.03. The monoisotopic (exact) mass is 175 g/mol. The summed E-state index contributed by atoms with van der Waals surface area (Å²) >= 11 is 0. The summed E-state index contributed by atoms with van der Waals surface area (Å²) in [6.07, 6.45) is 0.685. The van der Waals surface area contributed by atoms with Crippen LogP contribution in [0.2, 0.25) is 0 Å². The average Bonchev–Trinajstić information content (AvgIpc) is 2.19. The third-order valence-corrected chi connectivity index (χ3v) is 1.66. The molecule has 0 radical (unpaired) electrons. The van der Waals surface area contributed by atoms with Gasteiger partial charge in [-0.15, -0.1) is 0 Å². The van der Waals surface area contributed by atoms with Gasteiger partial charge in [0.1, 0.15) is 0 Å². The van der Waals surface area contributed by atoms with E-state index in [1.54, 1.807) is 12.1 Å². The molecule has 0 amide bonds. The molecule has 1 aromatic rings. The Morgan fingerprint density at radius 1 is 1.38 bits per heavy atom. The zero-order chi connectivity index (χ0) is 9.52. The molecule has 0 heterocycles. The number of hydrogen-bond donors (Lipinski definition) is 0. The molecule has 0 aliphatic rings.